The molecule has 1 nitrogen and oxygen atoms in total. The van der Waals surface area contributed by atoms with E-state index < -0.39 is 0 Å². The molecule has 1 heterocycles. The monoisotopic (exact) mass is 387 g/mol. The Morgan fingerprint density at radius 1 is 0.567 bits per heavy atom. The van der Waals surface area contributed by atoms with Gasteiger partial charge in [0.25, 0.3) is 0 Å². The van der Waals surface area contributed by atoms with Crippen LogP contribution in [0.4, 0.5) is 0 Å². The van der Waals surface area contributed by atoms with Crippen LogP contribution < -0.4 is 0 Å². The van der Waals surface area contributed by atoms with Crippen molar-refractivity contribution in [1.29, 1.82) is 0 Å². The van der Waals surface area contributed by atoms with Crippen LogP contribution in [0.25, 0.3) is 0 Å². The maximum atomic E-state index is 5.46. The SMILES string of the molecule is Cc1ccccc1C1=NC(c2ccccc2)C(c2ccccc2)c2cccc(C)c21. The van der Waals surface area contributed by atoms with E-state index in [1.807, 2.05) is 0 Å². The van der Waals surface area contributed by atoms with E-state index in [1.54, 1.807) is 0 Å². The predicted octanol–water partition coefficient (Wildman–Crippen LogP) is 7.03. The van der Waals surface area contributed by atoms with E-state index >= 15 is 0 Å². The molecular formula is C29H25N. The van der Waals surface area contributed by atoms with Gasteiger partial charge in [0.2, 0.25) is 0 Å². The summed E-state index contributed by atoms with van der Waals surface area (Å²) in [5.41, 5.74) is 10.1. The summed E-state index contributed by atoms with van der Waals surface area (Å²) in [7, 11) is 0. The Labute approximate surface area is 178 Å². The van der Waals surface area contributed by atoms with Crippen LogP contribution in [-0.4, -0.2) is 5.71 Å². The molecule has 0 spiro atoms. The summed E-state index contributed by atoms with van der Waals surface area (Å²) in [6.45, 7) is 4.38. The van der Waals surface area contributed by atoms with Crippen LogP contribution in [0.5, 0.6) is 0 Å². The zero-order valence-corrected chi connectivity index (χ0v) is 17.4. The lowest BCUT2D eigenvalue weighted by atomic mass is 9.75. The molecular weight excluding hydrogens is 362 g/mol. The molecule has 4 aromatic rings. The first-order valence-corrected chi connectivity index (χ1v) is 10.6. The molecule has 1 aliphatic rings. The number of nitrogens with zero attached hydrogens (tertiary/aromatic N) is 1. The van der Waals surface area contributed by atoms with Gasteiger partial charge in [-0.1, -0.05) is 103 Å². The number of rotatable bonds is 3. The second-order valence-electron chi connectivity index (χ2n) is 8.08. The molecule has 1 aliphatic heterocycles. The third kappa shape index (κ3) is 3.17. The molecule has 0 bridgehead atoms. The summed E-state index contributed by atoms with van der Waals surface area (Å²) in [6, 6.07) is 36.9. The van der Waals surface area contributed by atoms with Crippen LogP contribution in [0.3, 0.4) is 0 Å². The van der Waals surface area contributed by atoms with Gasteiger partial charge < -0.3 is 0 Å². The molecule has 146 valence electrons. The summed E-state index contributed by atoms with van der Waals surface area (Å²) in [4.78, 5) is 5.46. The largest absolute Gasteiger partial charge is 0.275 e. The molecule has 0 amide bonds. The van der Waals surface area contributed by atoms with E-state index in [0.717, 1.165) is 5.71 Å². The average Bonchev–Trinajstić information content (AvgIpc) is 2.80. The van der Waals surface area contributed by atoms with E-state index in [9.17, 15) is 0 Å². The number of benzene rings is 4. The van der Waals surface area contributed by atoms with E-state index in [2.05, 4.69) is 117 Å². The standard InChI is InChI=1S/C29H25N/c1-20-12-9-10-18-24(20)29-26-21(2)13-11-19-25(26)27(22-14-5-3-6-15-22)28(30-29)23-16-7-4-8-17-23/h3-19,27-28H,1-2H3. The summed E-state index contributed by atoms with van der Waals surface area (Å²) >= 11 is 0. The number of aryl methyl sites for hydroxylation is 2. The number of aliphatic imine (C=N–C) groups is 1. The maximum Gasteiger partial charge on any atom is 0.0865 e. The first kappa shape index (κ1) is 18.6. The molecule has 30 heavy (non-hydrogen) atoms. The van der Waals surface area contributed by atoms with Gasteiger partial charge >= 0.3 is 0 Å². The lowest BCUT2D eigenvalue weighted by molar-refractivity contribution is 0.621. The lowest BCUT2D eigenvalue weighted by Gasteiger charge is -2.34. The predicted molar refractivity (Wildman–Crippen MR) is 125 cm³/mol. The van der Waals surface area contributed by atoms with Gasteiger partial charge in [0.15, 0.2) is 0 Å². The molecule has 2 unspecified atom stereocenters. The molecule has 0 N–H and O–H groups in total. The van der Waals surface area contributed by atoms with Gasteiger partial charge in [0, 0.05) is 17.0 Å². The fourth-order valence-corrected chi connectivity index (χ4v) is 4.70. The molecule has 0 radical (unpaired) electrons. The summed E-state index contributed by atoms with van der Waals surface area (Å²) in [5.74, 6) is 0.191. The first-order valence-electron chi connectivity index (χ1n) is 10.6. The van der Waals surface area contributed by atoms with Gasteiger partial charge in [-0.05, 0) is 41.7 Å². The second kappa shape index (κ2) is 7.76. The Bertz CT molecular complexity index is 1210. The Balaban J connectivity index is 1.82. The molecule has 0 aromatic heterocycles. The number of hydrogen-bond acceptors (Lipinski definition) is 1. The minimum Gasteiger partial charge on any atom is -0.275 e. The van der Waals surface area contributed by atoms with Crippen LogP contribution in [0.1, 0.15) is 50.9 Å². The van der Waals surface area contributed by atoms with Crippen molar-refractivity contribution in [2.75, 3.05) is 0 Å². The van der Waals surface area contributed by atoms with Crippen molar-refractivity contribution in [1.82, 2.24) is 0 Å². The Morgan fingerprint density at radius 3 is 1.87 bits per heavy atom. The van der Waals surface area contributed by atoms with Crippen LogP contribution in [0.2, 0.25) is 0 Å². The molecule has 0 fully saturated rings. The van der Waals surface area contributed by atoms with Gasteiger partial charge in [-0.25, -0.2) is 0 Å². The fraction of sp³-hybridized carbons (Fsp3) is 0.138. The zero-order chi connectivity index (χ0) is 20.5. The van der Waals surface area contributed by atoms with E-state index in [4.69, 9.17) is 4.99 Å². The smallest absolute Gasteiger partial charge is 0.0865 e. The quantitative estimate of drug-likeness (QED) is 0.358. The van der Waals surface area contributed by atoms with Gasteiger partial charge in [-0.2, -0.15) is 0 Å². The summed E-state index contributed by atoms with van der Waals surface area (Å²) in [6.07, 6.45) is 0. The minimum atomic E-state index is 0.0394. The highest BCUT2D eigenvalue weighted by molar-refractivity contribution is 6.16. The van der Waals surface area contributed by atoms with Gasteiger partial charge in [0.05, 0.1) is 11.8 Å². The maximum absolute atomic E-state index is 5.46. The van der Waals surface area contributed by atoms with Crippen molar-refractivity contribution in [2.24, 2.45) is 4.99 Å². The zero-order valence-electron chi connectivity index (χ0n) is 17.4. The van der Waals surface area contributed by atoms with Crippen LogP contribution in [0, 0.1) is 13.8 Å². The highest BCUT2D eigenvalue weighted by Gasteiger charge is 2.34. The average molecular weight is 388 g/mol. The normalized spacial score (nSPS) is 17.9. The van der Waals surface area contributed by atoms with Crippen LogP contribution in [0.15, 0.2) is 108 Å². The van der Waals surface area contributed by atoms with Gasteiger partial charge in [-0.3, -0.25) is 4.99 Å². The minimum absolute atomic E-state index is 0.0394. The topological polar surface area (TPSA) is 12.4 Å². The molecule has 4 aromatic carbocycles. The summed E-state index contributed by atoms with van der Waals surface area (Å²) < 4.78 is 0. The second-order valence-corrected chi connectivity index (χ2v) is 8.08. The molecule has 0 aliphatic carbocycles. The Hall–Kier alpha value is -3.45. The van der Waals surface area contributed by atoms with Crippen molar-refractivity contribution in [3.8, 4) is 0 Å². The molecule has 2 atom stereocenters. The van der Waals surface area contributed by atoms with Crippen LogP contribution in [-0.2, 0) is 0 Å². The fourth-order valence-electron chi connectivity index (χ4n) is 4.70. The van der Waals surface area contributed by atoms with E-state index in [1.165, 1.54) is 38.9 Å². The lowest BCUT2D eigenvalue weighted by Crippen LogP contribution is -2.24. The van der Waals surface area contributed by atoms with Crippen molar-refractivity contribution in [2.45, 2.75) is 25.8 Å². The third-order valence-electron chi connectivity index (χ3n) is 6.16. The Kier molecular flexibility index (Phi) is 4.80. The Morgan fingerprint density at radius 2 is 1.17 bits per heavy atom. The summed E-state index contributed by atoms with van der Waals surface area (Å²) in [5, 5.41) is 0. The molecule has 0 saturated heterocycles. The van der Waals surface area contributed by atoms with Crippen molar-refractivity contribution in [3.05, 3.63) is 142 Å². The highest BCUT2D eigenvalue weighted by atomic mass is 14.8. The first-order chi connectivity index (χ1) is 14.7. The van der Waals surface area contributed by atoms with Crippen molar-refractivity contribution in [3.63, 3.8) is 0 Å². The van der Waals surface area contributed by atoms with E-state index in [-0.39, 0.29) is 12.0 Å². The molecule has 5 rings (SSSR count). The van der Waals surface area contributed by atoms with Crippen molar-refractivity contribution >= 4 is 5.71 Å². The highest BCUT2D eigenvalue weighted by Crippen LogP contribution is 2.45. The van der Waals surface area contributed by atoms with Gasteiger partial charge in [0.1, 0.15) is 0 Å². The van der Waals surface area contributed by atoms with E-state index in [0.29, 0.717) is 0 Å². The number of fused-ring (bicyclic) bond motifs is 1. The molecule has 1 heteroatoms. The van der Waals surface area contributed by atoms with Crippen molar-refractivity contribution < 1.29 is 0 Å². The van der Waals surface area contributed by atoms with Gasteiger partial charge in [-0.15, -0.1) is 0 Å². The molecule has 0 saturated carbocycles. The number of hydrogen-bond donors (Lipinski definition) is 0. The third-order valence-corrected chi connectivity index (χ3v) is 6.16. The van der Waals surface area contributed by atoms with Crippen LogP contribution >= 0.6 is 0 Å².